The quantitative estimate of drug-likeness (QED) is 0.588. The Morgan fingerprint density at radius 3 is 2.59 bits per heavy atom. The van der Waals surface area contributed by atoms with Crippen molar-refractivity contribution in [1.82, 2.24) is 5.16 Å². The van der Waals surface area contributed by atoms with Crippen molar-refractivity contribution in [2.24, 2.45) is 0 Å². The fourth-order valence-corrected chi connectivity index (χ4v) is 2.65. The predicted molar refractivity (Wildman–Crippen MR) is 107 cm³/mol. The maximum atomic E-state index is 12.9. The van der Waals surface area contributed by atoms with Crippen LogP contribution in [0.25, 0.3) is 6.08 Å². The van der Waals surface area contributed by atoms with Crippen LogP contribution in [-0.2, 0) is 11.4 Å². The lowest BCUT2D eigenvalue weighted by molar-refractivity contribution is -0.111. The second-order valence-electron chi connectivity index (χ2n) is 6.33. The molecule has 1 heterocycles. The van der Waals surface area contributed by atoms with Gasteiger partial charge in [0, 0.05) is 11.8 Å². The number of aryl methyl sites for hydroxylation is 2. The fraction of sp³-hybridized carbons (Fsp3) is 0.182. The van der Waals surface area contributed by atoms with Gasteiger partial charge in [0.15, 0.2) is 11.5 Å². The van der Waals surface area contributed by atoms with E-state index in [2.05, 4.69) is 10.5 Å². The normalized spacial score (nSPS) is 10.9. The van der Waals surface area contributed by atoms with Crippen molar-refractivity contribution >= 4 is 17.7 Å². The van der Waals surface area contributed by atoms with Gasteiger partial charge < -0.3 is 19.3 Å². The number of carbonyl (C=O) groups excluding carboxylic acids is 1. The van der Waals surface area contributed by atoms with E-state index in [1.54, 1.807) is 25.3 Å². The zero-order chi connectivity index (χ0) is 20.8. The zero-order valence-electron chi connectivity index (χ0n) is 16.4. The molecule has 29 heavy (non-hydrogen) atoms. The van der Waals surface area contributed by atoms with Crippen molar-refractivity contribution in [3.05, 3.63) is 76.9 Å². The summed E-state index contributed by atoms with van der Waals surface area (Å²) < 4.78 is 29.3. The molecule has 0 unspecified atom stereocenters. The molecular formula is C22H21FN2O4. The number of halogens is 1. The molecule has 3 rings (SSSR count). The molecule has 0 spiro atoms. The van der Waals surface area contributed by atoms with Gasteiger partial charge in [-0.2, -0.15) is 0 Å². The van der Waals surface area contributed by atoms with Crippen LogP contribution >= 0.6 is 0 Å². The van der Waals surface area contributed by atoms with Crippen molar-refractivity contribution in [3.8, 4) is 11.5 Å². The molecule has 0 bridgehead atoms. The van der Waals surface area contributed by atoms with Crippen LogP contribution in [0.15, 0.2) is 53.1 Å². The molecule has 0 aliphatic heterocycles. The van der Waals surface area contributed by atoms with E-state index >= 15 is 0 Å². The fourth-order valence-electron chi connectivity index (χ4n) is 2.65. The standard InChI is InChI=1S/C22H21FN2O4/c1-14-19(15(2)29-25-14)13-28-20-10-4-16(12-21(20)27-3)5-11-22(26)24-18-8-6-17(23)7-9-18/h4-12H,13H2,1-3H3,(H,24,26)/b11-5+. The molecule has 3 aromatic rings. The van der Waals surface area contributed by atoms with Crippen LogP contribution in [0.3, 0.4) is 0 Å². The number of amides is 1. The first-order chi connectivity index (χ1) is 14.0. The van der Waals surface area contributed by atoms with Gasteiger partial charge in [-0.15, -0.1) is 0 Å². The second kappa shape index (κ2) is 9.05. The van der Waals surface area contributed by atoms with Gasteiger partial charge >= 0.3 is 0 Å². The highest BCUT2D eigenvalue weighted by Gasteiger charge is 2.12. The topological polar surface area (TPSA) is 73.6 Å². The van der Waals surface area contributed by atoms with Crippen LogP contribution in [0.1, 0.15) is 22.6 Å². The van der Waals surface area contributed by atoms with E-state index in [-0.39, 0.29) is 11.7 Å². The van der Waals surface area contributed by atoms with Crippen molar-refractivity contribution in [1.29, 1.82) is 0 Å². The Bertz CT molecular complexity index is 1010. The van der Waals surface area contributed by atoms with Crippen LogP contribution in [0.2, 0.25) is 0 Å². The molecule has 0 saturated carbocycles. The van der Waals surface area contributed by atoms with Gasteiger partial charge in [-0.05, 0) is 61.9 Å². The van der Waals surface area contributed by atoms with E-state index in [0.29, 0.717) is 29.6 Å². The Hall–Kier alpha value is -3.61. The molecule has 150 valence electrons. The number of nitrogens with one attached hydrogen (secondary N) is 1. The van der Waals surface area contributed by atoms with Gasteiger partial charge in [0.2, 0.25) is 5.91 Å². The molecule has 0 radical (unpaired) electrons. The summed E-state index contributed by atoms with van der Waals surface area (Å²) in [6.07, 6.45) is 3.04. The number of nitrogens with zero attached hydrogens (tertiary/aromatic N) is 1. The number of aromatic nitrogens is 1. The van der Waals surface area contributed by atoms with Crippen LogP contribution in [0.4, 0.5) is 10.1 Å². The first-order valence-corrected chi connectivity index (χ1v) is 8.93. The summed E-state index contributed by atoms with van der Waals surface area (Å²) in [4.78, 5) is 12.0. The molecule has 0 aliphatic rings. The van der Waals surface area contributed by atoms with Gasteiger partial charge in [-0.3, -0.25) is 4.79 Å². The average Bonchev–Trinajstić information content (AvgIpc) is 3.04. The van der Waals surface area contributed by atoms with Crippen molar-refractivity contribution in [3.63, 3.8) is 0 Å². The smallest absolute Gasteiger partial charge is 0.248 e. The zero-order valence-corrected chi connectivity index (χ0v) is 16.4. The largest absolute Gasteiger partial charge is 0.493 e. The Morgan fingerprint density at radius 1 is 1.17 bits per heavy atom. The molecule has 1 N–H and O–H groups in total. The van der Waals surface area contributed by atoms with Gasteiger partial charge in [0.1, 0.15) is 18.2 Å². The number of hydrogen-bond donors (Lipinski definition) is 1. The number of rotatable bonds is 7. The lowest BCUT2D eigenvalue weighted by atomic mass is 10.1. The van der Waals surface area contributed by atoms with Crippen LogP contribution in [0.5, 0.6) is 11.5 Å². The maximum absolute atomic E-state index is 12.9. The van der Waals surface area contributed by atoms with Crippen LogP contribution in [-0.4, -0.2) is 18.2 Å². The van der Waals surface area contributed by atoms with Gasteiger partial charge in [-0.1, -0.05) is 11.2 Å². The lowest BCUT2D eigenvalue weighted by Gasteiger charge is -2.11. The number of ether oxygens (including phenoxy) is 2. The molecule has 6 nitrogen and oxygen atoms in total. The van der Waals surface area contributed by atoms with E-state index < -0.39 is 0 Å². The SMILES string of the molecule is COc1cc(/C=C/C(=O)Nc2ccc(F)cc2)ccc1OCc1c(C)noc1C. The molecule has 7 heteroatoms. The van der Waals surface area contributed by atoms with E-state index in [1.807, 2.05) is 19.9 Å². The summed E-state index contributed by atoms with van der Waals surface area (Å²) in [6, 6.07) is 10.9. The Kier molecular flexibility index (Phi) is 6.29. The second-order valence-corrected chi connectivity index (χ2v) is 6.33. The van der Waals surface area contributed by atoms with Crippen molar-refractivity contribution in [2.75, 3.05) is 12.4 Å². The summed E-state index contributed by atoms with van der Waals surface area (Å²) in [7, 11) is 1.55. The van der Waals surface area contributed by atoms with Crippen LogP contribution in [0, 0.1) is 19.7 Å². The maximum Gasteiger partial charge on any atom is 0.248 e. The minimum absolute atomic E-state index is 0.312. The third kappa shape index (κ3) is 5.22. The molecule has 1 amide bonds. The highest BCUT2D eigenvalue weighted by Crippen LogP contribution is 2.30. The van der Waals surface area contributed by atoms with E-state index in [1.165, 1.54) is 30.3 Å². The van der Waals surface area contributed by atoms with E-state index in [9.17, 15) is 9.18 Å². The monoisotopic (exact) mass is 396 g/mol. The Labute approximate surface area is 167 Å². The molecule has 0 saturated heterocycles. The van der Waals surface area contributed by atoms with E-state index in [4.69, 9.17) is 14.0 Å². The highest BCUT2D eigenvalue weighted by molar-refractivity contribution is 6.01. The summed E-state index contributed by atoms with van der Waals surface area (Å²) in [5.74, 6) is 1.14. The Morgan fingerprint density at radius 2 is 1.93 bits per heavy atom. The molecule has 2 aromatic carbocycles. The molecular weight excluding hydrogens is 375 g/mol. The first kappa shape index (κ1) is 20.1. The first-order valence-electron chi connectivity index (χ1n) is 8.93. The Balaban J connectivity index is 1.65. The van der Waals surface area contributed by atoms with Crippen molar-refractivity contribution in [2.45, 2.75) is 20.5 Å². The van der Waals surface area contributed by atoms with E-state index in [0.717, 1.165) is 16.8 Å². The molecule has 1 aromatic heterocycles. The third-order valence-electron chi connectivity index (χ3n) is 4.28. The number of methoxy groups -OCH3 is 1. The minimum atomic E-state index is -0.359. The van der Waals surface area contributed by atoms with Gasteiger partial charge in [0.05, 0.1) is 18.4 Å². The summed E-state index contributed by atoms with van der Waals surface area (Å²) >= 11 is 0. The molecule has 0 fully saturated rings. The summed E-state index contributed by atoms with van der Waals surface area (Å²) in [5.41, 5.74) is 2.96. The third-order valence-corrected chi connectivity index (χ3v) is 4.28. The molecule has 0 atom stereocenters. The van der Waals surface area contributed by atoms with Crippen LogP contribution < -0.4 is 14.8 Å². The van der Waals surface area contributed by atoms with Crippen molar-refractivity contribution < 1.29 is 23.2 Å². The summed E-state index contributed by atoms with van der Waals surface area (Å²) in [5, 5.41) is 6.57. The highest BCUT2D eigenvalue weighted by atomic mass is 19.1. The number of carbonyl (C=O) groups is 1. The van der Waals surface area contributed by atoms with Gasteiger partial charge in [0.25, 0.3) is 0 Å². The van der Waals surface area contributed by atoms with Gasteiger partial charge in [-0.25, -0.2) is 4.39 Å². The lowest BCUT2D eigenvalue weighted by Crippen LogP contribution is -2.07. The summed E-state index contributed by atoms with van der Waals surface area (Å²) in [6.45, 7) is 4.00. The number of anilines is 1. The number of benzene rings is 2. The number of hydrogen-bond acceptors (Lipinski definition) is 5. The average molecular weight is 396 g/mol. The molecule has 0 aliphatic carbocycles. The minimum Gasteiger partial charge on any atom is -0.493 e. The predicted octanol–water partition coefficient (Wildman–Crippen LogP) is 4.67.